The highest BCUT2D eigenvalue weighted by atomic mass is 16.6. The van der Waals surface area contributed by atoms with Crippen LogP contribution in [0.25, 0.3) is 0 Å². The van der Waals surface area contributed by atoms with Crippen molar-refractivity contribution in [2.75, 3.05) is 6.61 Å². The van der Waals surface area contributed by atoms with E-state index in [1.807, 2.05) is 6.92 Å². The van der Waals surface area contributed by atoms with Crippen molar-refractivity contribution in [3.63, 3.8) is 0 Å². The molecule has 2 rings (SSSR count). The molecule has 86 valence electrons. The van der Waals surface area contributed by atoms with Gasteiger partial charge in [-0.15, -0.1) is 0 Å². The highest BCUT2D eigenvalue weighted by Crippen LogP contribution is 2.67. The lowest BCUT2D eigenvalue weighted by molar-refractivity contribution is -0.150. The maximum absolute atomic E-state index is 11.4. The summed E-state index contributed by atoms with van der Waals surface area (Å²) in [6.07, 6.45) is 1.92. The van der Waals surface area contributed by atoms with E-state index in [2.05, 4.69) is 20.8 Å². The van der Waals surface area contributed by atoms with Gasteiger partial charge in [-0.2, -0.15) is 0 Å². The molecule has 1 aliphatic heterocycles. The van der Waals surface area contributed by atoms with E-state index in [4.69, 9.17) is 9.47 Å². The molecule has 0 radical (unpaired) electrons. The van der Waals surface area contributed by atoms with Crippen molar-refractivity contribution < 1.29 is 14.3 Å². The number of carbonyl (C=O) groups excluding carboxylic acids is 1. The van der Waals surface area contributed by atoms with E-state index in [1.165, 1.54) is 0 Å². The van der Waals surface area contributed by atoms with E-state index in [9.17, 15) is 4.79 Å². The molecule has 3 heteroatoms. The molecule has 3 unspecified atom stereocenters. The third kappa shape index (κ3) is 1.40. The minimum atomic E-state index is -0.0706. The summed E-state index contributed by atoms with van der Waals surface area (Å²) in [5.41, 5.74) is 0.198. The molecule has 0 aromatic heterocycles. The number of esters is 1. The van der Waals surface area contributed by atoms with Gasteiger partial charge in [0.25, 0.3) is 0 Å². The summed E-state index contributed by atoms with van der Waals surface area (Å²) in [6.45, 7) is 8.83. The van der Waals surface area contributed by atoms with Crippen LogP contribution in [0.1, 0.15) is 40.5 Å². The summed E-state index contributed by atoms with van der Waals surface area (Å²) in [5, 5.41) is 0. The second-order valence-electron chi connectivity index (χ2n) is 5.28. The quantitative estimate of drug-likeness (QED) is 0.531. The monoisotopic (exact) mass is 212 g/mol. The van der Waals surface area contributed by atoms with Crippen molar-refractivity contribution in [2.45, 2.75) is 52.2 Å². The second kappa shape index (κ2) is 3.21. The number of rotatable bonds is 3. The Hall–Kier alpha value is -0.570. The van der Waals surface area contributed by atoms with Crippen LogP contribution in [0.2, 0.25) is 0 Å². The van der Waals surface area contributed by atoms with Gasteiger partial charge in [-0.1, -0.05) is 13.8 Å². The lowest BCUT2D eigenvalue weighted by Gasteiger charge is -2.51. The van der Waals surface area contributed by atoms with Crippen molar-refractivity contribution in [3.8, 4) is 0 Å². The molecular weight excluding hydrogens is 192 g/mol. The van der Waals surface area contributed by atoms with Crippen molar-refractivity contribution in [1.29, 1.82) is 0 Å². The molecule has 0 aromatic rings. The Morgan fingerprint density at radius 3 is 2.53 bits per heavy atom. The molecular formula is C12H20O3. The van der Waals surface area contributed by atoms with Gasteiger partial charge in [0.1, 0.15) is 5.60 Å². The van der Waals surface area contributed by atoms with Crippen molar-refractivity contribution in [3.05, 3.63) is 0 Å². The number of hydrogen-bond donors (Lipinski definition) is 0. The minimum absolute atomic E-state index is 0.0706. The van der Waals surface area contributed by atoms with Crippen molar-refractivity contribution in [1.82, 2.24) is 0 Å². The van der Waals surface area contributed by atoms with Crippen LogP contribution in [0.5, 0.6) is 0 Å². The minimum Gasteiger partial charge on any atom is -0.466 e. The van der Waals surface area contributed by atoms with Gasteiger partial charge in [-0.25, -0.2) is 0 Å². The standard InChI is InChI=1S/C12H20O3/c1-5-14-10(13)6-9-7-12(8(2)15-12)11(9,3)4/h8-9H,5-7H2,1-4H3. The van der Waals surface area contributed by atoms with Gasteiger partial charge in [0.05, 0.1) is 12.7 Å². The number of ether oxygens (including phenoxy) is 2. The average molecular weight is 212 g/mol. The van der Waals surface area contributed by atoms with E-state index in [0.717, 1.165) is 6.42 Å². The normalized spacial score (nSPS) is 41.1. The second-order valence-corrected chi connectivity index (χ2v) is 5.28. The number of hydrogen-bond acceptors (Lipinski definition) is 3. The van der Waals surface area contributed by atoms with Crippen LogP contribution in [0.3, 0.4) is 0 Å². The lowest BCUT2D eigenvalue weighted by atomic mass is 9.52. The first-order valence-corrected chi connectivity index (χ1v) is 5.77. The molecule has 1 spiro atoms. The van der Waals surface area contributed by atoms with Crippen LogP contribution < -0.4 is 0 Å². The maximum atomic E-state index is 11.4. The topological polar surface area (TPSA) is 38.8 Å². The van der Waals surface area contributed by atoms with Gasteiger partial charge in [0, 0.05) is 6.42 Å². The molecule has 1 saturated carbocycles. The zero-order chi connectivity index (χ0) is 11.3. The summed E-state index contributed by atoms with van der Waals surface area (Å²) in [6, 6.07) is 0. The molecule has 3 nitrogen and oxygen atoms in total. The van der Waals surface area contributed by atoms with Gasteiger partial charge in [0.2, 0.25) is 0 Å². The molecule has 2 aliphatic rings. The van der Waals surface area contributed by atoms with Gasteiger partial charge < -0.3 is 9.47 Å². The molecule has 0 bridgehead atoms. The highest BCUT2D eigenvalue weighted by Gasteiger charge is 2.73. The van der Waals surface area contributed by atoms with E-state index in [1.54, 1.807) is 0 Å². The summed E-state index contributed by atoms with van der Waals surface area (Å²) < 4.78 is 10.7. The van der Waals surface area contributed by atoms with Crippen LogP contribution >= 0.6 is 0 Å². The molecule has 2 fully saturated rings. The molecule has 1 saturated heterocycles. The Bertz CT molecular complexity index is 285. The highest BCUT2D eigenvalue weighted by molar-refractivity contribution is 5.70. The SMILES string of the molecule is CCOC(=O)CC1CC2(OC2C)C1(C)C. The summed E-state index contributed by atoms with van der Waals surface area (Å²) >= 11 is 0. The van der Waals surface area contributed by atoms with Crippen LogP contribution in [-0.2, 0) is 14.3 Å². The molecule has 1 aliphatic carbocycles. The molecule has 15 heavy (non-hydrogen) atoms. The molecule has 3 atom stereocenters. The van der Waals surface area contributed by atoms with Crippen molar-refractivity contribution in [2.24, 2.45) is 11.3 Å². The van der Waals surface area contributed by atoms with E-state index >= 15 is 0 Å². The van der Waals surface area contributed by atoms with E-state index in [-0.39, 0.29) is 17.0 Å². The first-order chi connectivity index (χ1) is 6.94. The molecule has 1 heterocycles. The molecule has 0 N–H and O–H groups in total. The largest absolute Gasteiger partial charge is 0.466 e. The molecule has 0 amide bonds. The Kier molecular flexibility index (Phi) is 2.34. The number of epoxide rings is 1. The maximum Gasteiger partial charge on any atom is 0.306 e. The van der Waals surface area contributed by atoms with Crippen molar-refractivity contribution >= 4 is 5.97 Å². The first-order valence-electron chi connectivity index (χ1n) is 5.77. The predicted octanol–water partition coefficient (Wildman–Crippen LogP) is 2.14. The van der Waals surface area contributed by atoms with Crippen LogP contribution in [0, 0.1) is 11.3 Å². The zero-order valence-corrected chi connectivity index (χ0v) is 10.0. The molecule has 0 aromatic carbocycles. The van der Waals surface area contributed by atoms with Gasteiger partial charge in [0.15, 0.2) is 0 Å². The van der Waals surface area contributed by atoms with Gasteiger partial charge in [-0.05, 0) is 31.6 Å². The number of carbonyl (C=O) groups is 1. The average Bonchev–Trinajstić information content (AvgIpc) is 2.80. The smallest absolute Gasteiger partial charge is 0.306 e. The zero-order valence-electron chi connectivity index (χ0n) is 10.0. The fraction of sp³-hybridized carbons (Fsp3) is 0.917. The van der Waals surface area contributed by atoms with Crippen LogP contribution in [0.15, 0.2) is 0 Å². The summed E-state index contributed by atoms with van der Waals surface area (Å²) in [5.74, 6) is 0.347. The summed E-state index contributed by atoms with van der Waals surface area (Å²) in [7, 11) is 0. The lowest BCUT2D eigenvalue weighted by Crippen LogP contribution is -2.54. The Morgan fingerprint density at radius 2 is 2.13 bits per heavy atom. The summed E-state index contributed by atoms with van der Waals surface area (Å²) in [4.78, 5) is 11.4. The first kappa shape index (κ1) is 10.9. The van der Waals surface area contributed by atoms with E-state index in [0.29, 0.717) is 25.0 Å². The third-order valence-corrected chi connectivity index (χ3v) is 4.37. The van der Waals surface area contributed by atoms with Crippen LogP contribution in [0.4, 0.5) is 0 Å². The van der Waals surface area contributed by atoms with E-state index < -0.39 is 0 Å². The van der Waals surface area contributed by atoms with Crippen LogP contribution in [-0.4, -0.2) is 24.3 Å². The fourth-order valence-corrected chi connectivity index (χ4v) is 3.02. The van der Waals surface area contributed by atoms with Gasteiger partial charge >= 0.3 is 5.97 Å². The van der Waals surface area contributed by atoms with Gasteiger partial charge in [-0.3, -0.25) is 4.79 Å². The Balaban J connectivity index is 1.90. The predicted molar refractivity (Wildman–Crippen MR) is 56.4 cm³/mol. The Morgan fingerprint density at radius 1 is 1.53 bits per heavy atom. The third-order valence-electron chi connectivity index (χ3n) is 4.37. The fourth-order valence-electron chi connectivity index (χ4n) is 3.02. The Labute approximate surface area is 91.1 Å².